The fourth-order valence-corrected chi connectivity index (χ4v) is 1.98. The maximum Gasteiger partial charge on any atom is 0.207 e. The maximum absolute atomic E-state index is 5.03. The second-order valence-corrected chi connectivity index (χ2v) is 4.45. The maximum atomic E-state index is 5.03. The lowest BCUT2D eigenvalue weighted by molar-refractivity contribution is 0.197. The summed E-state index contributed by atoms with van der Waals surface area (Å²) >= 11 is 0. The predicted molar refractivity (Wildman–Crippen MR) is 75.8 cm³/mol. The van der Waals surface area contributed by atoms with Crippen molar-refractivity contribution in [2.45, 2.75) is 20.3 Å². The van der Waals surface area contributed by atoms with Crippen LogP contribution < -0.4 is 5.32 Å². The third kappa shape index (κ3) is 3.32. The van der Waals surface area contributed by atoms with Crippen molar-refractivity contribution in [1.82, 2.24) is 14.5 Å². The van der Waals surface area contributed by atoms with Crippen LogP contribution in [0, 0.1) is 13.8 Å². The van der Waals surface area contributed by atoms with E-state index in [0.717, 1.165) is 42.6 Å². The lowest BCUT2D eigenvalue weighted by Crippen LogP contribution is -2.10. The summed E-state index contributed by atoms with van der Waals surface area (Å²) in [5.74, 6) is 0.838. The highest BCUT2D eigenvalue weighted by atomic mass is 16.5. The first-order chi connectivity index (χ1) is 9.22. The average molecular weight is 260 g/mol. The number of hydrogen-bond acceptors (Lipinski definition) is 4. The number of nitrogens with zero attached hydrogens (tertiary/aromatic N) is 3. The van der Waals surface area contributed by atoms with Gasteiger partial charge in [-0.05, 0) is 32.4 Å². The van der Waals surface area contributed by atoms with Gasteiger partial charge in [0.15, 0.2) is 0 Å². The second kappa shape index (κ2) is 6.33. The van der Waals surface area contributed by atoms with E-state index in [1.54, 1.807) is 13.3 Å². The van der Waals surface area contributed by atoms with Crippen molar-refractivity contribution in [2.75, 3.05) is 25.6 Å². The normalized spacial score (nSPS) is 10.7. The van der Waals surface area contributed by atoms with Gasteiger partial charge in [0, 0.05) is 38.3 Å². The molecule has 0 spiro atoms. The standard InChI is InChI=1S/C14H20N4O/c1-11-5-6-13(12(2)17-11)18-9-8-16-14(18)15-7-4-10-19-3/h5-6,8-9H,4,7,10H2,1-3H3,(H,15,16). The molecule has 0 aliphatic rings. The number of ether oxygens (including phenoxy) is 1. The topological polar surface area (TPSA) is 52.0 Å². The van der Waals surface area contributed by atoms with E-state index >= 15 is 0 Å². The Morgan fingerprint density at radius 1 is 1.32 bits per heavy atom. The van der Waals surface area contributed by atoms with Crippen LogP contribution in [0.2, 0.25) is 0 Å². The molecule has 2 aromatic heterocycles. The lowest BCUT2D eigenvalue weighted by Gasteiger charge is -2.12. The van der Waals surface area contributed by atoms with Gasteiger partial charge in [-0.15, -0.1) is 0 Å². The lowest BCUT2D eigenvalue weighted by atomic mass is 10.2. The van der Waals surface area contributed by atoms with Crippen LogP contribution in [-0.4, -0.2) is 34.8 Å². The second-order valence-electron chi connectivity index (χ2n) is 4.45. The molecule has 1 N–H and O–H groups in total. The molecular weight excluding hydrogens is 240 g/mol. The Morgan fingerprint density at radius 2 is 2.16 bits per heavy atom. The van der Waals surface area contributed by atoms with Crippen LogP contribution in [0.3, 0.4) is 0 Å². The van der Waals surface area contributed by atoms with Crippen LogP contribution in [0.5, 0.6) is 0 Å². The van der Waals surface area contributed by atoms with Gasteiger partial charge in [-0.3, -0.25) is 9.55 Å². The average Bonchev–Trinajstić information content (AvgIpc) is 2.83. The molecule has 2 aromatic rings. The molecule has 0 aliphatic carbocycles. The predicted octanol–water partition coefficient (Wildman–Crippen LogP) is 2.33. The number of methoxy groups -OCH3 is 1. The van der Waals surface area contributed by atoms with E-state index in [4.69, 9.17) is 4.74 Å². The molecule has 0 aliphatic heterocycles. The number of aryl methyl sites for hydroxylation is 2. The first-order valence-electron chi connectivity index (χ1n) is 6.43. The molecule has 2 heterocycles. The van der Waals surface area contributed by atoms with Gasteiger partial charge in [-0.1, -0.05) is 0 Å². The van der Waals surface area contributed by atoms with E-state index < -0.39 is 0 Å². The Hall–Kier alpha value is -1.88. The first kappa shape index (κ1) is 13.5. The number of pyridine rings is 1. The molecule has 5 nitrogen and oxygen atoms in total. The van der Waals surface area contributed by atoms with E-state index in [2.05, 4.69) is 21.4 Å². The third-order valence-corrected chi connectivity index (χ3v) is 2.91. The van der Waals surface area contributed by atoms with Gasteiger partial charge in [0.25, 0.3) is 0 Å². The summed E-state index contributed by atoms with van der Waals surface area (Å²) in [6, 6.07) is 4.08. The Labute approximate surface area is 113 Å². The smallest absolute Gasteiger partial charge is 0.207 e. The van der Waals surface area contributed by atoms with Crippen LogP contribution in [0.25, 0.3) is 5.69 Å². The molecule has 0 saturated heterocycles. The zero-order chi connectivity index (χ0) is 13.7. The minimum atomic E-state index is 0.749. The Kier molecular flexibility index (Phi) is 4.52. The van der Waals surface area contributed by atoms with Crippen molar-refractivity contribution in [3.63, 3.8) is 0 Å². The van der Waals surface area contributed by atoms with Gasteiger partial charge >= 0.3 is 0 Å². The Morgan fingerprint density at radius 3 is 2.89 bits per heavy atom. The summed E-state index contributed by atoms with van der Waals surface area (Å²) in [6.07, 6.45) is 4.68. The Bertz CT molecular complexity index is 536. The van der Waals surface area contributed by atoms with Gasteiger partial charge in [0.2, 0.25) is 5.95 Å². The molecule has 0 unspecified atom stereocenters. The zero-order valence-electron chi connectivity index (χ0n) is 11.7. The molecule has 0 atom stereocenters. The molecular formula is C14H20N4O. The van der Waals surface area contributed by atoms with Crippen molar-refractivity contribution in [2.24, 2.45) is 0 Å². The number of anilines is 1. The minimum absolute atomic E-state index is 0.749. The Balaban J connectivity index is 2.14. The summed E-state index contributed by atoms with van der Waals surface area (Å²) in [5.41, 5.74) is 3.08. The van der Waals surface area contributed by atoms with Crippen LogP contribution in [0.1, 0.15) is 17.8 Å². The third-order valence-electron chi connectivity index (χ3n) is 2.91. The highest BCUT2D eigenvalue weighted by Crippen LogP contribution is 2.17. The van der Waals surface area contributed by atoms with Gasteiger partial charge in [-0.2, -0.15) is 0 Å². The SMILES string of the molecule is COCCCNc1nccn1-c1ccc(C)nc1C. The molecule has 0 fully saturated rings. The van der Waals surface area contributed by atoms with E-state index in [1.165, 1.54) is 0 Å². The van der Waals surface area contributed by atoms with E-state index in [1.807, 2.05) is 30.7 Å². The number of imidazole rings is 1. The molecule has 0 radical (unpaired) electrons. The van der Waals surface area contributed by atoms with Crippen LogP contribution >= 0.6 is 0 Å². The number of hydrogen-bond donors (Lipinski definition) is 1. The summed E-state index contributed by atoms with van der Waals surface area (Å²) in [7, 11) is 1.71. The van der Waals surface area contributed by atoms with Gasteiger partial charge in [0.05, 0.1) is 11.4 Å². The highest BCUT2D eigenvalue weighted by Gasteiger charge is 2.07. The molecule has 0 aromatic carbocycles. The van der Waals surface area contributed by atoms with E-state index in [9.17, 15) is 0 Å². The monoisotopic (exact) mass is 260 g/mol. The molecule has 5 heteroatoms. The number of nitrogens with one attached hydrogen (secondary N) is 1. The summed E-state index contributed by atoms with van der Waals surface area (Å²) in [6.45, 7) is 5.59. The van der Waals surface area contributed by atoms with Crippen molar-refractivity contribution in [3.05, 3.63) is 35.9 Å². The van der Waals surface area contributed by atoms with Crippen LogP contribution in [-0.2, 0) is 4.74 Å². The fraction of sp³-hybridized carbons (Fsp3) is 0.429. The summed E-state index contributed by atoms with van der Waals surface area (Å²) < 4.78 is 7.05. The quantitative estimate of drug-likeness (QED) is 0.810. The van der Waals surface area contributed by atoms with E-state index in [-0.39, 0.29) is 0 Å². The highest BCUT2D eigenvalue weighted by molar-refractivity contribution is 5.44. The summed E-state index contributed by atoms with van der Waals surface area (Å²) in [5, 5.41) is 3.31. The van der Waals surface area contributed by atoms with Gasteiger partial charge in [-0.25, -0.2) is 4.98 Å². The number of rotatable bonds is 6. The van der Waals surface area contributed by atoms with Crippen LogP contribution in [0.4, 0.5) is 5.95 Å². The molecule has 2 rings (SSSR count). The molecule has 0 amide bonds. The van der Waals surface area contributed by atoms with Crippen LogP contribution in [0.15, 0.2) is 24.5 Å². The molecule has 0 bridgehead atoms. The minimum Gasteiger partial charge on any atom is -0.385 e. The zero-order valence-corrected chi connectivity index (χ0v) is 11.7. The van der Waals surface area contributed by atoms with Crippen molar-refractivity contribution >= 4 is 5.95 Å². The first-order valence-corrected chi connectivity index (χ1v) is 6.43. The van der Waals surface area contributed by atoms with Crippen molar-refractivity contribution in [1.29, 1.82) is 0 Å². The van der Waals surface area contributed by atoms with Gasteiger partial charge < -0.3 is 10.1 Å². The number of aromatic nitrogens is 3. The van der Waals surface area contributed by atoms with Crippen molar-refractivity contribution in [3.8, 4) is 5.69 Å². The fourth-order valence-electron chi connectivity index (χ4n) is 1.98. The molecule has 19 heavy (non-hydrogen) atoms. The molecule has 0 saturated carbocycles. The summed E-state index contributed by atoms with van der Waals surface area (Å²) in [4.78, 5) is 8.82. The van der Waals surface area contributed by atoms with E-state index in [0.29, 0.717) is 0 Å². The molecule has 102 valence electrons. The van der Waals surface area contributed by atoms with Crippen molar-refractivity contribution < 1.29 is 4.74 Å². The van der Waals surface area contributed by atoms with Gasteiger partial charge in [0.1, 0.15) is 0 Å². The largest absolute Gasteiger partial charge is 0.385 e.